The van der Waals surface area contributed by atoms with Crippen LogP contribution < -0.4 is 10.5 Å². The number of benzene rings is 1. The number of ether oxygens (including phenoxy) is 1. The largest absolute Gasteiger partial charge is 0.437 e. The van der Waals surface area contributed by atoms with Crippen LogP contribution in [0.15, 0.2) is 36.7 Å². The Morgan fingerprint density at radius 3 is 2.60 bits per heavy atom. The summed E-state index contributed by atoms with van der Waals surface area (Å²) in [6, 6.07) is 6.54. The van der Waals surface area contributed by atoms with Crippen molar-refractivity contribution in [2.24, 2.45) is 5.73 Å². The van der Waals surface area contributed by atoms with Gasteiger partial charge in [0.25, 0.3) is 0 Å². The third-order valence-electron chi connectivity index (χ3n) is 4.30. The van der Waals surface area contributed by atoms with Crippen molar-refractivity contribution in [1.29, 1.82) is 0 Å². The van der Waals surface area contributed by atoms with E-state index >= 15 is 0 Å². The van der Waals surface area contributed by atoms with Crippen LogP contribution in [0.4, 0.5) is 0 Å². The quantitative estimate of drug-likeness (QED) is 0.919. The molecule has 1 saturated heterocycles. The molecular weight excluding hydrogens is 320 g/mol. The van der Waals surface area contributed by atoms with Gasteiger partial charge < -0.3 is 15.4 Å². The molecule has 130 valence electrons. The minimum absolute atomic E-state index is 0.0677. The number of rotatable bonds is 4. The smallest absolute Gasteiger partial charge is 0.248 e. The Hall–Kier alpha value is -2.96. The molecule has 0 saturated carbocycles. The van der Waals surface area contributed by atoms with Crippen molar-refractivity contribution in [3.63, 3.8) is 0 Å². The number of carbonyl (C=O) groups is 2. The number of carbonyl (C=O) groups excluding carboxylic acids is 2. The number of likely N-dealkylation sites (tertiary alicyclic amines) is 1. The Morgan fingerprint density at radius 1 is 1.20 bits per heavy atom. The van der Waals surface area contributed by atoms with E-state index in [0.717, 1.165) is 25.1 Å². The highest BCUT2D eigenvalue weighted by Gasteiger charge is 2.27. The maximum atomic E-state index is 11.7. The second kappa shape index (κ2) is 7.29. The van der Waals surface area contributed by atoms with Crippen molar-refractivity contribution in [3.05, 3.63) is 47.9 Å². The minimum atomic E-state index is -0.488. The number of nitrogens with zero attached hydrogens (tertiary/aromatic N) is 3. The number of hydrogen-bond donors (Lipinski definition) is 1. The fourth-order valence-corrected chi connectivity index (χ4v) is 2.98. The molecule has 1 aromatic heterocycles. The van der Waals surface area contributed by atoms with E-state index in [1.807, 2.05) is 4.90 Å². The summed E-state index contributed by atoms with van der Waals surface area (Å²) in [5.74, 6) is 0.637. The third-order valence-corrected chi connectivity index (χ3v) is 4.30. The Kier molecular flexibility index (Phi) is 4.92. The average Bonchev–Trinajstić information content (AvgIpc) is 2.63. The molecule has 1 aromatic carbocycles. The van der Waals surface area contributed by atoms with Gasteiger partial charge in [-0.25, -0.2) is 4.98 Å². The molecule has 1 aliphatic rings. The molecule has 7 heteroatoms. The first-order valence-electron chi connectivity index (χ1n) is 8.18. The van der Waals surface area contributed by atoms with E-state index in [1.54, 1.807) is 43.6 Å². The summed E-state index contributed by atoms with van der Waals surface area (Å²) >= 11 is 0. The van der Waals surface area contributed by atoms with Crippen molar-refractivity contribution in [1.82, 2.24) is 14.9 Å². The van der Waals surface area contributed by atoms with E-state index in [4.69, 9.17) is 10.5 Å². The molecule has 2 amide bonds. The topological polar surface area (TPSA) is 98.4 Å². The number of amides is 2. The Morgan fingerprint density at radius 2 is 1.92 bits per heavy atom. The Labute approximate surface area is 145 Å². The van der Waals surface area contributed by atoms with Crippen molar-refractivity contribution < 1.29 is 14.3 Å². The molecule has 1 atom stereocenters. The molecule has 1 aliphatic heterocycles. The summed E-state index contributed by atoms with van der Waals surface area (Å²) in [6.45, 7) is 2.97. The van der Waals surface area contributed by atoms with Gasteiger partial charge in [0.2, 0.25) is 17.7 Å². The molecule has 0 radical (unpaired) electrons. The highest BCUT2D eigenvalue weighted by Crippen LogP contribution is 2.32. The second-order valence-corrected chi connectivity index (χ2v) is 6.04. The lowest BCUT2D eigenvalue weighted by molar-refractivity contribution is -0.130. The number of piperidine rings is 1. The highest BCUT2D eigenvalue weighted by molar-refractivity contribution is 5.92. The molecule has 1 fully saturated rings. The number of primary amides is 1. The lowest BCUT2D eigenvalue weighted by atomic mass is 9.94. The number of nitrogens with two attached hydrogens (primary N) is 1. The zero-order valence-electron chi connectivity index (χ0n) is 14.0. The lowest BCUT2D eigenvalue weighted by Gasteiger charge is -2.32. The van der Waals surface area contributed by atoms with E-state index in [-0.39, 0.29) is 11.8 Å². The summed E-state index contributed by atoms with van der Waals surface area (Å²) in [6.07, 6.45) is 5.06. The number of aromatic nitrogens is 2. The van der Waals surface area contributed by atoms with E-state index in [1.165, 1.54) is 0 Å². The first-order valence-corrected chi connectivity index (χ1v) is 8.18. The zero-order chi connectivity index (χ0) is 17.8. The van der Waals surface area contributed by atoms with Crippen LogP contribution in [0.3, 0.4) is 0 Å². The van der Waals surface area contributed by atoms with Crippen LogP contribution in [0, 0.1) is 0 Å². The fraction of sp³-hybridized carbons (Fsp3) is 0.333. The van der Waals surface area contributed by atoms with E-state index in [9.17, 15) is 9.59 Å². The maximum Gasteiger partial charge on any atom is 0.248 e. The van der Waals surface area contributed by atoms with Gasteiger partial charge in [-0.05, 0) is 37.1 Å². The third kappa shape index (κ3) is 3.93. The van der Waals surface area contributed by atoms with Gasteiger partial charge in [0.05, 0.1) is 0 Å². The molecule has 0 spiro atoms. The normalized spacial score (nSPS) is 17.2. The predicted molar refractivity (Wildman–Crippen MR) is 91.3 cm³/mol. The predicted octanol–water partition coefficient (Wildman–Crippen LogP) is 2.09. The molecule has 0 unspecified atom stereocenters. The lowest BCUT2D eigenvalue weighted by Crippen LogP contribution is -2.38. The molecule has 3 rings (SSSR count). The molecule has 7 nitrogen and oxygen atoms in total. The van der Waals surface area contributed by atoms with Crippen LogP contribution in [0.5, 0.6) is 11.6 Å². The van der Waals surface area contributed by atoms with Crippen LogP contribution in [-0.2, 0) is 4.79 Å². The van der Waals surface area contributed by atoms with Crippen LogP contribution in [-0.4, -0.2) is 39.8 Å². The minimum Gasteiger partial charge on any atom is -0.437 e. The SMILES string of the molecule is CC(=O)N1CCC[C@H](c2nccnc2Oc2ccc(C(N)=O)cc2)C1. The molecular formula is C18H20N4O3. The van der Waals surface area contributed by atoms with E-state index in [2.05, 4.69) is 9.97 Å². The summed E-state index contributed by atoms with van der Waals surface area (Å²) in [5.41, 5.74) is 6.40. The van der Waals surface area contributed by atoms with Gasteiger partial charge in [-0.3, -0.25) is 14.6 Å². The van der Waals surface area contributed by atoms with Crippen LogP contribution in [0.2, 0.25) is 0 Å². The molecule has 2 heterocycles. The van der Waals surface area contributed by atoms with Crippen molar-refractivity contribution in [2.45, 2.75) is 25.7 Å². The van der Waals surface area contributed by atoms with Crippen LogP contribution >= 0.6 is 0 Å². The average molecular weight is 340 g/mol. The molecule has 2 N–H and O–H groups in total. The summed E-state index contributed by atoms with van der Waals surface area (Å²) < 4.78 is 5.86. The summed E-state index contributed by atoms with van der Waals surface area (Å²) in [5, 5.41) is 0. The summed E-state index contributed by atoms with van der Waals surface area (Å²) in [4.78, 5) is 33.4. The molecule has 0 aliphatic carbocycles. The van der Waals surface area contributed by atoms with Gasteiger partial charge in [0.15, 0.2) is 0 Å². The van der Waals surface area contributed by atoms with Gasteiger partial charge in [-0.2, -0.15) is 0 Å². The Bertz CT molecular complexity index is 776. The highest BCUT2D eigenvalue weighted by atomic mass is 16.5. The van der Waals surface area contributed by atoms with Gasteiger partial charge >= 0.3 is 0 Å². The Balaban J connectivity index is 1.81. The zero-order valence-corrected chi connectivity index (χ0v) is 14.0. The van der Waals surface area contributed by atoms with Gasteiger partial charge in [-0.15, -0.1) is 0 Å². The standard InChI is InChI=1S/C18H20N4O3/c1-12(23)22-10-2-3-14(11-22)16-18(21-9-8-20-16)25-15-6-4-13(5-7-15)17(19)24/h4-9,14H,2-3,10-11H2,1H3,(H2,19,24)/t14-/m0/s1. The van der Waals surface area contributed by atoms with Crippen LogP contribution in [0.1, 0.15) is 41.7 Å². The van der Waals surface area contributed by atoms with Crippen molar-refractivity contribution in [3.8, 4) is 11.6 Å². The first kappa shape index (κ1) is 16.9. The van der Waals surface area contributed by atoms with E-state index < -0.39 is 5.91 Å². The number of hydrogen-bond acceptors (Lipinski definition) is 5. The fourth-order valence-electron chi connectivity index (χ4n) is 2.98. The first-order chi connectivity index (χ1) is 12.0. The molecule has 25 heavy (non-hydrogen) atoms. The van der Waals surface area contributed by atoms with Crippen molar-refractivity contribution in [2.75, 3.05) is 13.1 Å². The second-order valence-electron chi connectivity index (χ2n) is 6.04. The van der Waals surface area contributed by atoms with Gasteiger partial charge in [0, 0.05) is 43.9 Å². The molecule has 2 aromatic rings. The van der Waals surface area contributed by atoms with Crippen LogP contribution in [0.25, 0.3) is 0 Å². The van der Waals surface area contributed by atoms with Crippen molar-refractivity contribution >= 4 is 11.8 Å². The van der Waals surface area contributed by atoms with E-state index in [0.29, 0.717) is 23.7 Å². The maximum absolute atomic E-state index is 11.7. The monoisotopic (exact) mass is 340 g/mol. The summed E-state index contributed by atoms with van der Waals surface area (Å²) in [7, 11) is 0. The van der Waals surface area contributed by atoms with Gasteiger partial charge in [0.1, 0.15) is 11.4 Å². The van der Waals surface area contributed by atoms with Gasteiger partial charge in [-0.1, -0.05) is 0 Å². The molecule has 0 bridgehead atoms.